The fourth-order valence-electron chi connectivity index (χ4n) is 2.27. The van der Waals surface area contributed by atoms with Gasteiger partial charge in [-0.3, -0.25) is 0 Å². The first kappa shape index (κ1) is 21.9. The average molecular weight is 399 g/mol. The van der Waals surface area contributed by atoms with Crippen LogP contribution in [0.1, 0.15) is 36.7 Å². The molecule has 1 amide bonds. The molecule has 0 saturated heterocycles. The molecule has 7 heteroatoms. The monoisotopic (exact) mass is 399 g/mol. The third kappa shape index (κ3) is 8.04. The Bertz CT molecular complexity index is 814. The van der Waals surface area contributed by atoms with E-state index in [2.05, 4.69) is 5.32 Å². The second-order valence-corrected chi connectivity index (χ2v) is 7.26. The van der Waals surface area contributed by atoms with Gasteiger partial charge in [-0.2, -0.15) is 0 Å². The molecular weight excluding hydrogens is 374 g/mol. The summed E-state index contributed by atoms with van der Waals surface area (Å²) in [5.74, 6) is -1.34. The number of carbonyl (C=O) groups is 3. The van der Waals surface area contributed by atoms with Gasteiger partial charge in [0.1, 0.15) is 18.8 Å². The largest absolute Gasteiger partial charge is 0.459 e. The van der Waals surface area contributed by atoms with E-state index in [1.54, 1.807) is 63.2 Å². The number of esters is 2. The van der Waals surface area contributed by atoms with E-state index in [9.17, 15) is 14.4 Å². The van der Waals surface area contributed by atoms with Crippen molar-refractivity contribution in [2.45, 2.75) is 39.0 Å². The third-order valence-electron chi connectivity index (χ3n) is 3.59. The van der Waals surface area contributed by atoms with Crippen LogP contribution in [0.15, 0.2) is 60.7 Å². The third-order valence-corrected chi connectivity index (χ3v) is 3.59. The van der Waals surface area contributed by atoms with E-state index in [1.807, 2.05) is 18.2 Å². The maximum absolute atomic E-state index is 12.4. The first-order chi connectivity index (χ1) is 13.7. The van der Waals surface area contributed by atoms with Crippen LogP contribution in [0.2, 0.25) is 0 Å². The molecule has 0 aliphatic heterocycles. The van der Waals surface area contributed by atoms with Crippen LogP contribution in [0.3, 0.4) is 0 Å². The van der Waals surface area contributed by atoms with Crippen LogP contribution in [0.4, 0.5) is 4.79 Å². The van der Waals surface area contributed by atoms with E-state index in [-0.39, 0.29) is 13.2 Å². The second-order valence-electron chi connectivity index (χ2n) is 7.26. The SMILES string of the molecule is CC(C)(C)OC(=O)[C@H](COC(=O)c1ccccc1)NC(=O)OCc1ccccc1. The summed E-state index contributed by atoms with van der Waals surface area (Å²) in [6.07, 6.45) is -0.819. The number of amides is 1. The number of ether oxygens (including phenoxy) is 3. The first-order valence-electron chi connectivity index (χ1n) is 9.17. The molecule has 0 aliphatic carbocycles. The Hall–Kier alpha value is -3.35. The molecule has 2 aromatic carbocycles. The van der Waals surface area contributed by atoms with Crippen LogP contribution in [-0.2, 0) is 25.6 Å². The minimum absolute atomic E-state index is 0.0392. The lowest BCUT2D eigenvalue weighted by molar-refractivity contribution is -0.158. The number of carbonyl (C=O) groups excluding carboxylic acids is 3. The van der Waals surface area contributed by atoms with E-state index in [1.165, 1.54) is 0 Å². The molecule has 0 aromatic heterocycles. The van der Waals surface area contributed by atoms with E-state index in [0.717, 1.165) is 5.56 Å². The van der Waals surface area contributed by atoms with Crippen LogP contribution in [0.25, 0.3) is 0 Å². The second kappa shape index (κ2) is 10.3. The molecule has 0 fully saturated rings. The fraction of sp³-hybridized carbons (Fsp3) is 0.318. The minimum atomic E-state index is -1.20. The van der Waals surface area contributed by atoms with Crippen LogP contribution >= 0.6 is 0 Å². The van der Waals surface area contributed by atoms with Gasteiger partial charge in [-0.05, 0) is 38.5 Å². The Morgan fingerprint density at radius 2 is 1.48 bits per heavy atom. The number of rotatable bonds is 7. The van der Waals surface area contributed by atoms with Crippen molar-refractivity contribution in [1.82, 2.24) is 5.32 Å². The molecule has 7 nitrogen and oxygen atoms in total. The van der Waals surface area contributed by atoms with Crippen LogP contribution < -0.4 is 5.32 Å². The maximum atomic E-state index is 12.4. The zero-order valence-electron chi connectivity index (χ0n) is 16.7. The Labute approximate surface area is 170 Å². The molecule has 1 N–H and O–H groups in total. The van der Waals surface area contributed by atoms with Gasteiger partial charge in [0.25, 0.3) is 0 Å². The number of benzene rings is 2. The van der Waals surface area contributed by atoms with Crippen molar-refractivity contribution in [3.63, 3.8) is 0 Å². The number of hydrogen-bond acceptors (Lipinski definition) is 6. The van der Waals surface area contributed by atoms with Gasteiger partial charge in [0.15, 0.2) is 6.04 Å². The molecule has 29 heavy (non-hydrogen) atoms. The number of alkyl carbamates (subject to hydrolysis) is 1. The standard InChI is InChI=1S/C22H25NO6/c1-22(2,3)29-20(25)18(15-27-19(24)17-12-8-5-9-13-17)23-21(26)28-14-16-10-6-4-7-11-16/h4-13,18H,14-15H2,1-3H3,(H,23,26)/t18-/m0/s1. The fourth-order valence-corrected chi connectivity index (χ4v) is 2.27. The van der Waals surface area contributed by atoms with Crippen LogP contribution in [0, 0.1) is 0 Å². The highest BCUT2D eigenvalue weighted by molar-refractivity contribution is 5.89. The van der Waals surface area contributed by atoms with Gasteiger partial charge in [0.05, 0.1) is 5.56 Å². The summed E-state index contributed by atoms with van der Waals surface area (Å²) < 4.78 is 15.6. The Balaban J connectivity index is 1.97. The molecule has 0 spiro atoms. The van der Waals surface area contributed by atoms with Crippen molar-refractivity contribution in [2.75, 3.05) is 6.61 Å². The van der Waals surface area contributed by atoms with Crippen molar-refractivity contribution in [3.05, 3.63) is 71.8 Å². The molecule has 0 bridgehead atoms. The summed E-state index contributed by atoms with van der Waals surface area (Å²) in [7, 11) is 0. The molecule has 0 heterocycles. The van der Waals surface area contributed by atoms with Crippen molar-refractivity contribution in [1.29, 1.82) is 0 Å². The molecular formula is C22H25NO6. The minimum Gasteiger partial charge on any atom is -0.459 e. The van der Waals surface area contributed by atoms with Gasteiger partial charge in [0.2, 0.25) is 0 Å². The smallest absolute Gasteiger partial charge is 0.408 e. The topological polar surface area (TPSA) is 90.9 Å². The highest BCUT2D eigenvalue weighted by atomic mass is 16.6. The highest BCUT2D eigenvalue weighted by Crippen LogP contribution is 2.10. The summed E-state index contributed by atoms with van der Waals surface area (Å²) >= 11 is 0. The van der Waals surface area contributed by atoms with Crippen molar-refractivity contribution in [2.24, 2.45) is 0 Å². The predicted molar refractivity (Wildman–Crippen MR) is 106 cm³/mol. The van der Waals surface area contributed by atoms with Gasteiger partial charge in [-0.25, -0.2) is 14.4 Å². The van der Waals surface area contributed by atoms with Crippen molar-refractivity contribution < 1.29 is 28.6 Å². The summed E-state index contributed by atoms with van der Waals surface area (Å²) in [6.45, 7) is 4.75. The lowest BCUT2D eigenvalue weighted by Crippen LogP contribution is -2.47. The van der Waals surface area contributed by atoms with Crippen molar-refractivity contribution in [3.8, 4) is 0 Å². The van der Waals surface area contributed by atoms with E-state index >= 15 is 0 Å². The summed E-state index contributed by atoms with van der Waals surface area (Å²) in [5, 5.41) is 2.40. The Morgan fingerprint density at radius 1 is 0.897 bits per heavy atom. The van der Waals surface area contributed by atoms with Gasteiger partial charge in [0, 0.05) is 0 Å². The lowest BCUT2D eigenvalue weighted by Gasteiger charge is -2.24. The molecule has 2 rings (SSSR count). The molecule has 154 valence electrons. The van der Waals surface area contributed by atoms with E-state index < -0.39 is 29.7 Å². The quantitative estimate of drug-likeness (QED) is 0.566. The Morgan fingerprint density at radius 3 is 2.07 bits per heavy atom. The Kier molecular flexibility index (Phi) is 7.77. The molecule has 0 unspecified atom stereocenters. The summed E-state index contributed by atoms with van der Waals surface area (Å²) in [5.41, 5.74) is 0.364. The van der Waals surface area contributed by atoms with E-state index in [0.29, 0.717) is 5.56 Å². The summed E-state index contributed by atoms with van der Waals surface area (Å²) in [6, 6.07) is 16.2. The number of nitrogens with one attached hydrogen (secondary N) is 1. The van der Waals surface area contributed by atoms with Gasteiger partial charge < -0.3 is 19.5 Å². The summed E-state index contributed by atoms with van der Waals surface area (Å²) in [4.78, 5) is 36.7. The molecule has 1 atom stereocenters. The predicted octanol–water partition coefficient (Wildman–Crippen LogP) is 3.48. The van der Waals surface area contributed by atoms with Gasteiger partial charge >= 0.3 is 18.0 Å². The van der Waals surface area contributed by atoms with Crippen LogP contribution in [0.5, 0.6) is 0 Å². The zero-order valence-corrected chi connectivity index (χ0v) is 16.7. The number of hydrogen-bond donors (Lipinski definition) is 1. The van der Waals surface area contributed by atoms with Crippen LogP contribution in [-0.4, -0.2) is 36.3 Å². The maximum Gasteiger partial charge on any atom is 0.408 e. The van der Waals surface area contributed by atoms with Gasteiger partial charge in [-0.15, -0.1) is 0 Å². The van der Waals surface area contributed by atoms with Crippen molar-refractivity contribution >= 4 is 18.0 Å². The zero-order chi connectivity index (χ0) is 21.3. The average Bonchev–Trinajstić information content (AvgIpc) is 2.69. The molecule has 0 saturated carbocycles. The van der Waals surface area contributed by atoms with E-state index in [4.69, 9.17) is 14.2 Å². The molecule has 2 aromatic rings. The highest BCUT2D eigenvalue weighted by Gasteiger charge is 2.28. The molecule has 0 radical (unpaired) electrons. The first-order valence-corrected chi connectivity index (χ1v) is 9.17. The molecule has 0 aliphatic rings. The van der Waals surface area contributed by atoms with Gasteiger partial charge in [-0.1, -0.05) is 48.5 Å². The lowest BCUT2D eigenvalue weighted by atomic mass is 10.2. The normalized spacial score (nSPS) is 11.8.